The third-order valence-electron chi connectivity index (χ3n) is 1.36. The van der Waals surface area contributed by atoms with E-state index in [1.807, 2.05) is 0 Å². The SMILES string of the molecule is Clc1cnccc1-c1nnco1. The first-order chi connectivity index (χ1) is 5.88. The lowest BCUT2D eigenvalue weighted by atomic mass is 10.3. The van der Waals surface area contributed by atoms with Crippen molar-refractivity contribution in [3.05, 3.63) is 29.9 Å². The monoisotopic (exact) mass is 181 g/mol. The molecule has 0 aliphatic rings. The first kappa shape index (κ1) is 7.24. The Morgan fingerprint density at radius 2 is 2.33 bits per heavy atom. The molecule has 2 rings (SSSR count). The Bertz CT molecular complexity index is 374. The molecule has 12 heavy (non-hydrogen) atoms. The summed E-state index contributed by atoms with van der Waals surface area (Å²) < 4.78 is 4.97. The van der Waals surface area contributed by atoms with E-state index in [1.165, 1.54) is 12.6 Å². The summed E-state index contributed by atoms with van der Waals surface area (Å²) in [6.45, 7) is 0. The molecular weight excluding hydrogens is 178 g/mol. The van der Waals surface area contributed by atoms with E-state index in [1.54, 1.807) is 12.3 Å². The number of hydrogen-bond acceptors (Lipinski definition) is 4. The number of aromatic nitrogens is 3. The van der Waals surface area contributed by atoms with Crippen LogP contribution in [0, 0.1) is 0 Å². The molecule has 2 aromatic rings. The molecule has 4 nitrogen and oxygen atoms in total. The summed E-state index contributed by atoms with van der Waals surface area (Å²) in [5.74, 6) is 0.405. The highest BCUT2D eigenvalue weighted by Gasteiger charge is 2.06. The van der Waals surface area contributed by atoms with Gasteiger partial charge in [-0.15, -0.1) is 10.2 Å². The second-order valence-electron chi connectivity index (χ2n) is 2.10. The van der Waals surface area contributed by atoms with E-state index in [9.17, 15) is 0 Å². The highest BCUT2D eigenvalue weighted by Crippen LogP contribution is 2.23. The molecule has 5 heteroatoms. The molecule has 0 saturated carbocycles. The Morgan fingerprint density at radius 3 is 3.00 bits per heavy atom. The summed E-state index contributed by atoms with van der Waals surface area (Å²) in [5.41, 5.74) is 0.698. The van der Waals surface area contributed by atoms with Gasteiger partial charge in [-0.2, -0.15) is 0 Å². The number of hydrogen-bond donors (Lipinski definition) is 0. The molecule has 0 atom stereocenters. The van der Waals surface area contributed by atoms with E-state index < -0.39 is 0 Å². The van der Waals surface area contributed by atoms with Gasteiger partial charge in [0.2, 0.25) is 12.3 Å². The zero-order valence-electron chi connectivity index (χ0n) is 5.94. The number of rotatable bonds is 1. The molecule has 0 aromatic carbocycles. The maximum Gasteiger partial charge on any atom is 0.249 e. The smallest absolute Gasteiger partial charge is 0.249 e. The molecule has 0 fully saturated rings. The minimum atomic E-state index is 0.405. The van der Waals surface area contributed by atoms with E-state index in [0.29, 0.717) is 16.5 Å². The third-order valence-corrected chi connectivity index (χ3v) is 1.66. The van der Waals surface area contributed by atoms with Gasteiger partial charge in [0.1, 0.15) is 0 Å². The van der Waals surface area contributed by atoms with Crippen molar-refractivity contribution < 1.29 is 4.42 Å². The minimum Gasteiger partial charge on any atom is -0.423 e. The van der Waals surface area contributed by atoms with Crippen LogP contribution in [0.25, 0.3) is 11.5 Å². The molecule has 0 N–H and O–H groups in total. The molecule has 60 valence electrons. The van der Waals surface area contributed by atoms with Crippen LogP contribution in [0.4, 0.5) is 0 Å². The average molecular weight is 182 g/mol. The van der Waals surface area contributed by atoms with Crippen LogP contribution in [0.15, 0.2) is 29.3 Å². The average Bonchev–Trinajstić information content (AvgIpc) is 2.57. The Balaban J connectivity index is 2.55. The Kier molecular flexibility index (Phi) is 1.75. The Morgan fingerprint density at radius 1 is 1.42 bits per heavy atom. The fraction of sp³-hybridized carbons (Fsp3) is 0. The van der Waals surface area contributed by atoms with Gasteiger partial charge in [0.15, 0.2) is 0 Å². The lowest BCUT2D eigenvalue weighted by molar-refractivity contribution is 0.568. The van der Waals surface area contributed by atoms with Crippen molar-refractivity contribution in [2.75, 3.05) is 0 Å². The predicted octanol–water partition coefficient (Wildman–Crippen LogP) is 1.78. The summed E-state index contributed by atoms with van der Waals surface area (Å²) in [5, 5.41) is 7.76. The van der Waals surface area contributed by atoms with Crippen molar-refractivity contribution in [1.29, 1.82) is 0 Å². The lowest BCUT2D eigenvalue weighted by Crippen LogP contribution is -1.80. The molecule has 0 amide bonds. The second-order valence-corrected chi connectivity index (χ2v) is 2.51. The maximum atomic E-state index is 5.83. The molecule has 2 aromatic heterocycles. The van der Waals surface area contributed by atoms with Gasteiger partial charge < -0.3 is 4.42 Å². The second kappa shape index (κ2) is 2.91. The van der Waals surface area contributed by atoms with Gasteiger partial charge in [-0.1, -0.05) is 11.6 Å². The van der Waals surface area contributed by atoms with Crippen LogP contribution in [-0.4, -0.2) is 15.2 Å². The zero-order chi connectivity index (χ0) is 8.39. The minimum absolute atomic E-state index is 0.405. The third kappa shape index (κ3) is 1.16. The van der Waals surface area contributed by atoms with Crippen molar-refractivity contribution in [2.45, 2.75) is 0 Å². The molecule has 0 aliphatic heterocycles. The van der Waals surface area contributed by atoms with E-state index in [2.05, 4.69) is 15.2 Å². The normalized spacial score (nSPS) is 10.1. The summed E-state index contributed by atoms with van der Waals surface area (Å²) in [6.07, 6.45) is 4.40. The highest BCUT2D eigenvalue weighted by atomic mass is 35.5. The highest BCUT2D eigenvalue weighted by molar-refractivity contribution is 6.32. The van der Waals surface area contributed by atoms with E-state index in [-0.39, 0.29) is 0 Å². The van der Waals surface area contributed by atoms with E-state index in [0.717, 1.165) is 0 Å². The van der Waals surface area contributed by atoms with Gasteiger partial charge in [-0.25, -0.2) is 0 Å². The lowest BCUT2D eigenvalue weighted by Gasteiger charge is -1.94. The summed E-state index contributed by atoms with van der Waals surface area (Å²) in [7, 11) is 0. The molecule has 0 unspecified atom stereocenters. The maximum absolute atomic E-state index is 5.83. The number of pyridine rings is 1. The van der Waals surface area contributed by atoms with Crippen LogP contribution in [0.2, 0.25) is 5.02 Å². The topological polar surface area (TPSA) is 51.8 Å². The predicted molar refractivity (Wildman–Crippen MR) is 42.5 cm³/mol. The van der Waals surface area contributed by atoms with Gasteiger partial charge in [0.25, 0.3) is 0 Å². The summed E-state index contributed by atoms with van der Waals surface area (Å²) >= 11 is 5.83. The van der Waals surface area contributed by atoms with Gasteiger partial charge in [-0.3, -0.25) is 4.98 Å². The van der Waals surface area contributed by atoms with Crippen molar-refractivity contribution in [1.82, 2.24) is 15.2 Å². The van der Waals surface area contributed by atoms with Crippen LogP contribution in [-0.2, 0) is 0 Å². The first-order valence-corrected chi connectivity index (χ1v) is 3.62. The largest absolute Gasteiger partial charge is 0.423 e. The van der Waals surface area contributed by atoms with Crippen molar-refractivity contribution in [2.24, 2.45) is 0 Å². The van der Waals surface area contributed by atoms with Gasteiger partial charge in [0.05, 0.1) is 10.6 Å². The zero-order valence-corrected chi connectivity index (χ0v) is 6.69. The van der Waals surface area contributed by atoms with Crippen molar-refractivity contribution in [3.8, 4) is 11.5 Å². The molecular formula is C7H4ClN3O. The van der Waals surface area contributed by atoms with Crippen molar-refractivity contribution >= 4 is 11.6 Å². The van der Waals surface area contributed by atoms with Crippen molar-refractivity contribution in [3.63, 3.8) is 0 Å². The number of halogens is 1. The first-order valence-electron chi connectivity index (χ1n) is 3.24. The van der Waals surface area contributed by atoms with Gasteiger partial charge in [0, 0.05) is 12.4 Å². The van der Waals surface area contributed by atoms with Gasteiger partial charge >= 0.3 is 0 Å². The molecule has 0 bridgehead atoms. The van der Waals surface area contributed by atoms with Crippen LogP contribution in [0.1, 0.15) is 0 Å². The van der Waals surface area contributed by atoms with E-state index >= 15 is 0 Å². The quantitative estimate of drug-likeness (QED) is 0.673. The fourth-order valence-corrected chi connectivity index (χ4v) is 1.04. The fourth-order valence-electron chi connectivity index (χ4n) is 0.839. The van der Waals surface area contributed by atoms with E-state index in [4.69, 9.17) is 16.0 Å². The van der Waals surface area contributed by atoms with Crippen LogP contribution in [0.3, 0.4) is 0 Å². The molecule has 0 spiro atoms. The van der Waals surface area contributed by atoms with Gasteiger partial charge in [-0.05, 0) is 6.07 Å². The molecule has 0 radical (unpaired) electrons. The number of nitrogens with zero attached hydrogens (tertiary/aromatic N) is 3. The standard InChI is InChI=1S/C7H4ClN3O/c8-6-3-9-2-1-5(6)7-11-10-4-12-7/h1-4H. The molecule has 2 heterocycles. The Labute approximate surface area is 73.2 Å². The molecule has 0 saturated heterocycles. The van der Waals surface area contributed by atoms with Crippen LogP contribution >= 0.6 is 11.6 Å². The summed E-state index contributed by atoms with van der Waals surface area (Å²) in [6, 6.07) is 1.72. The molecule has 0 aliphatic carbocycles. The van der Waals surface area contributed by atoms with Crippen LogP contribution < -0.4 is 0 Å². The summed E-state index contributed by atoms with van der Waals surface area (Å²) in [4.78, 5) is 3.83. The Hall–Kier alpha value is -1.42. The van der Waals surface area contributed by atoms with Crippen LogP contribution in [0.5, 0.6) is 0 Å².